The van der Waals surface area contributed by atoms with E-state index in [-0.39, 0.29) is 41.9 Å². The Labute approximate surface area is 243 Å². The first-order valence-electron chi connectivity index (χ1n) is 15.7. The number of hydrogen-bond acceptors (Lipinski definition) is 7. The van der Waals surface area contributed by atoms with Gasteiger partial charge in [0.15, 0.2) is 0 Å². The van der Waals surface area contributed by atoms with Crippen LogP contribution >= 0.6 is 0 Å². The molecule has 42 heavy (non-hydrogen) atoms. The number of fused-ring (bicyclic) bond motifs is 3. The molecule has 2 aromatic heterocycles. The van der Waals surface area contributed by atoms with E-state index < -0.39 is 5.92 Å². The highest BCUT2D eigenvalue weighted by atomic mass is 19.3. The highest BCUT2D eigenvalue weighted by molar-refractivity contribution is 5.94. The van der Waals surface area contributed by atoms with Gasteiger partial charge in [-0.05, 0) is 100 Å². The number of rotatable bonds is 9. The summed E-state index contributed by atoms with van der Waals surface area (Å²) < 4.78 is 40.2. The van der Waals surface area contributed by atoms with Crippen molar-refractivity contribution >= 4 is 11.6 Å². The molecule has 6 fully saturated rings. The van der Waals surface area contributed by atoms with Gasteiger partial charge >= 0.3 is 0 Å². The molecule has 2 heterocycles. The van der Waals surface area contributed by atoms with E-state index in [1.54, 1.807) is 0 Å². The van der Waals surface area contributed by atoms with Gasteiger partial charge in [-0.2, -0.15) is 0 Å². The molecule has 1 atom stereocenters. The summed E-state index contributed by atoms with van der Waals surface area (Å²) in [6.45, 7) is 0.572. The summed E-state index contributed by atoms with van der Waals surface area (Å²) in [4.78, 5) is 15.8. The number of carbonyl (C=O) groups excluding carboxylic acids is 1. The zero-order chi connectivity index (χ0) is 28.5. The summed E-state index contributed by atoms with van der Waals surface area (Å²) >= 11 is 0. The molecule has 0 aliphatic heterocycles. The maximum Gasteiger partial charge on any atom is 0.248 e. The molecule has 1 aromatic carbocycles. The number of benzene rings is 1. The summed E-state index contributed by atoms with van der Waals surface area (Å²) in [6, 6.07) is 7.71. The van der Waals surface area contributed by atoms with Crippen molar-refractivity contribution in [3.63, 3.8) is 0 Å². The van der Waals surface area contributed by atoms with E-state index in [1.807, 2.05) is 29.2 Å². The van der Waals surface area contributed by atoms with Crippen molar-refractivity contribution in [2.45, 2.75) is 113 Å². The van der Waals surface area contributed by atoms with Gasteiger partial charge in [0.05, 0.1) is 0 Å². The Morgan fingerprint density at radius 2 is 1.55 bits per heavy atom. The van der Waals surface area contributed by atoms with Crippen molar-refractivity contribution in [3.05, 3.63) is 41.9 Å². The molecule has 1 unspecified atom stereocenters. The molecule has 8 nitrogen and oxygen atoms in total. The second kappa shape index (κ2) is 9.67. The van der Waals surface area contributed by atoms with Gasteiger partial charge in [-0.1, -0.05) is 6.07 Å². The van der Waals surface area contributed by atoms with Crippen LogP contribution in [0.2, 0.25) is 0 Å². The highest BCUT2D eigenvalue weighted by Gasteiger charge is 2.53. The minimum absolute atomic E-state index is 0.0317. The first-order chi connectivity index (χ1) is 20.3. The Bertz CT molecular complexity index is 1470. The number of anilines is 1. The second-order valence-corrected chi connectivity index (χ2v) is 13.9. The van der Waals surface area contributed by atoms with E-state index in [1.165, 1.54) is 0 Å². The van der Waals surface area contributed by atoms with E-state index in [0.29, 0.717) is 36.6 Å². The third-order valence-electron chi connectivity index (χ3n) is 10.8. The Morgan fingerprint density at radius 1 is 0.857 bits per heavy atom. The van der Waals surface area contributed by atoms with Crippen LogP contribution in [-0.4, -0.2) is 38.8 Å². The van der Waals surface area contributed by atoms with Crippen molar-refractivity contribution in [2.24, 2.45) is 11.3 Å². The monoisotopic (exact) mass is 577 g/mol. The standard InChI is InChI=1S/C32H37F2N5O3/c33-32(34)9-8-20(18-32)16-25(40)39(24-3-1-2-23(17-24)28-36-35-26(41-28)21-4-5-21)19-30-10-13-31(14-11-30,15-12-30)29-38-37-27(42-29)22-6-7-22/h1-3,17,20-22H,4-16,18-19H2. The van der Waals surface area contributed by atoms with E-state index in [0.717, 1.165) is 87.2 Å². The molecular formula is C32H37F2N5O3. The maximum absolute atomic E-state index is 14.0. The maximum atomic E-state index is 14.0. The fourth-order valence-corrected chi connectivity index (χ4v) is 7.65. The average molecular weight is 578 g/mol. The molecule has 222 valence electrons. The van der Waals surface area contributed by atoms with Crippen LogP contribution in [0, 0.1) is 11.3 Å². The summed E-state index contributed by atoms with van der Waals surface area (Å²) in [7, 11) is 0. The van der Waals surface area contributed by atoms with E-state index >= 15 is 0 Å². The van der Waals surface area contributed by atoms with Gasteiger partial charge in [-0.25, -0.2) is 8.78 Å². The summed E-state index contributed by atoms with van der Waals surface area (Å²) in [5, 5.41) is 17.4. The van der Waals surface area contributed by atoms with Crippen molar-refractivity contribution in [2.75, 3.05) is 11.4 Å². The lowest BCUT2D eigenvalue weighted by atomic mass is 9.53. The van der Waals surface area contributed by atoms with Crippen molar-refractivity contribution < 1.29 is 22.4 Å². The molecular weight excluding hydrogens is 540 g/mol. The SMILES string of the molecule is O=C(CC1CCC(F)(F)C1)N(CC12CCC(c3nnc(C4CC4)o3)(CC1)CC2)c1cccc(-c2nnc(C3CC3)o2)c1. The fourth-order valence-electron chi connectivity index (χ4n) is 7.65. The van der Waals surface area contributed by atoms with E-state index in [9.17, 15) is 13.6 Å². The Morgan fingerprint density at radius 3 is 2.21 bits per heavy atom. The van der Waals surface area contributed by atoms with Crippen molar-refractivity contribution in [1.82, 2.24) is 20.4 Å². The molecule has 0 N–H and O–H groups in total. The summed E-state index contributed by atoms with van der Waals surface area (Å²) in [6.07, 6.45) is 10.4. The van der Waals surface area contributed by atoms with Crippen LogP contribution in [0.1, 0.15) is 119 Å². The number of aromatic nitrogens is 4. The fraction of sp³-hybridized carbons (Fsp3) is 0.656. The smallest absolute Gasteiger partial charge is 0.248 e. The molecule has 2 bridgehead atoms. The number of amides is 1. The predicted octanol–water partition coefficient (Wildman–Crippen LogP) is 7.33. The van der Waals surface area contributed by atoms with Crippen LogP contribution in [0.15, 0.2) is 33.1 Å². The highest BCUT2D eigenvalue weighted by Crippen LogP contribution is 2.58. The molecule has 0 spiro atoms. The van der Waals surface area contributed by atoms with Crippen molar-refractivity contribution in [1.29, 1.82) is 0 Å². The first-order valence-corrected chi connectivity index (χ1v) is 15.7. The Kier molecular flexibility index (Phi) is 6.09. The third kappa shape index (κ3) is 4.94. The van der Waals surface area contributed by atoms with Crippen LogP contribution in [0.4, 0.5) is 14.5 Å². The second-order valence-electron chi connectivity index (χ2n) is 13.9. The lowest BCUT2D eigenvalue weighted by Gasteiger charge is -2.53. The molecule has 0 saturated heterocycles. The van der Waals surface area contributed by atoms with Crippen LogP contribution in [0.3, 0.4) is 0 Å². The minimum Gasteiger partial charge on any atom is -0.424 e. The van der Waals surface area contributed by atoms with E-state index in [2.05, 4.69) is 20.4 Å². The van der Waals surface area contributed by atoms with Gasteiger partial charge in [-0.3, -0.25) is 4.79 Å². The normalized spacial score (nSPS) is 30.1. The summed E-state index contributed by atoms with van der Waals surface area (Å²) in [5.41, 5.74) is 1.43. The number of halogens is 2. The molecule has 9 rings (SSSR count). The van der Waals surface area contributed by atoms with Crippen molar-refractivity contribution in [3.8, 4) is 11.5 Å². The first kappa shape index (κ1) is 26.5. The lowest BCUT2D eigenvalue weighted by Crippen LogP contribution is -2.51. The third-order valence-corrected chi connectivity index (χ3v) is 10.8. The van der Waals surface area contributed by atoms with Crippen LogP contribution < -0.4 is 4.90 Å². The number of alkyl halides is 2. The molecule has 6 aliphatic rings. The lowest BCUT2D eigenvalue weighted by molar-refractivity contribution is -0.120. The minimum atomic E-state index is -2.67. The Balaban J connectivity index is 1.04. The van der Waals surface area contributed by atoms with Gasteiger partial charge in [-0.15, -0.1) is 20.4 Å². The number of carbonyl (C=O) groups is 1. The zero-order valence-corrected chi connectivity index (χ0v) is 23.9. The zero-order valence-electron chi connectivity index (χ0n) is 23.9. The van der Waals surface area contributed by atoms with Gasteiger partial charge in [0, 0.05) is 54.3 Å². The largest absolute Gasteiger partial charge is 0.424 e. The van der Waals surface area contributed by atoms with Gasteiger partial charge in [0.2, 0.25) is 35.4 Å². The molecule has 1 amide bonds. The molecule has 0 radical (unpaired) electrons. The van der Waals surface area contributed by atoms with Crippen LogP contribution in [-0.2, 0) is 10.2 Å². The molecule has 3 aromatic rings. The van der Waals surface area contributed by atoms with E-state index in [4.69, 9.17) is 8.83 Å². The average Bonchev–Trinajstić information content (AvgIpc) is 3.90. The van der Waals surface area contributed by atoms with Gasteiger partial charge in [0.25, 0.3) is 0 Å². The topological polar surface area (TPSA) is 98.2 Å². The van der Waals surface area contributed by atoms with Crippen LogP contribution in [0.5, 0.6) is 0 Å². The summed E-state index contributed by atoms with van der Waals surface area (Å²) in [5.74, 6) is 0.457. The molecule has 6 aliphatic carbocycles. The number of nitrogens with zero attached hydrogens (tertiary/aromatic N) is 5. The quantitative estimate of drug-likeness (QED) is 0.263. The predicted molar refractivity (Wildman–Crippen MR) is 149 cm³/mol. The molecule has 10 heteroatoms. The van der Waals surface area contributed by atoms with Gasteiger partial charge < -0.3 is 13.7 Å². The number of hydrogen-bond donors (Lipinski definition) is 0. The van der Waals surface area contributed by atoms with Gasteiger partial charge in [0.1, 0.15) is 0 Å². The van der Waals surface area contributed by atoms with Crippen LogP contribution in [0.25, 0.3) is 11.5 Å². The molecule has 6 saturated carbocycles. The Hall–Kier alpha value is -3.17.